The number of halogens is 2. The Morgan fingerprint density at radius 1 is 1.38 bits per heavy atom. The van der Waals surface area contributed by atoms with Gasteiger partial charge in [0, 0.05) is 6.07 Å². The number of nitrogens with zero attached hydrogens (tertiary/aromatic N) is 3. The third-order valence-electron chi connectivity index (χ3n) is 2.75. The highest BCUT2D eigenvalue weighted by Crippen LogP contribution is 2.25. The highest BCUT2D eigenvalue weighted by atomic mass is 19.1. The number of hydrogen-bond acceptors (Lipinski definition) is 7. The average molecular weight is 337 g/mol. The minimum Gasteiger partial charge on any atom is -0.504 e. The Morgan fingerprint density at radius 2 is 2.04 bits per heavy atom. The molecule has 1 N–H and O–H groups in total. The standard InChI is InChI=1S/C15H13F2N3O4/c1-3-23-15(22)13(14(21)11-7-8(2)24-20-11)19-18-12-9(16)5-4-6-10(12)17/h4-7,21H,3H2,1-2H3/b14-13-,19-18?. The van der Waals surface area contributed by atoms with Crippen molar-refractivity contribution in [2.45, 2.75) is 13.8 Å². The molecule has 24 heavy (non-hydrogen) atoms. The summed E-state index contributed by atoms with van der Waals surface area (Å²) in [5.41, 5.74) is -1.46. The number of azo groups is 1. The molecule has 2 aromatic rings. The Kier molecular flexibility index (Phi) is 5.35. The monoisotopic (exact) mass is 337 g/mol. The summed E-state index contributed by atoms with van der Waals surface area (Å²) in [6.45, 7) is 3.11. The van der Waals surface area contributed by atoms with E-state index in [1.165, 1.54) is 6.07 Å². The lowest BCUT2D eigenvalue weighted by molar-refractivity contribution is -0.138. The second-order valence-corrected chi connectivity index (χ2v) is 4.51. The SMILES string of the molecule is CCOC(=O)/C(N=Nc1c(F)cccc1F)=C(/O)c1cc(C)on1. The number of carbonyl (C=O) groups excluding carboxylic acids is 1. The van der Waals surface area contributed by atoms with E-state index < -0.39 is 34.7 Å². The third kappa shape index (κ3) is 3.80. The van der Waals surface area contributed by atoms with Crippen molar-refractivity contribution in [2.75, 3.05) is 6.61 Å². The van der Waals surface area contributed by atoms with Gasteiger partial charge in [-0.25, -0.2) is 13.6 Å². The molecule has 126 valence electrons. The normalized spacial score (nSPS) is 12.3. The van der Waals surface area contributed by atoms with Gasteiger partial charge in [0.2, 0.25) is 5.70 Å². The maximum Gasteiger partial charge on any atom is 0.362 e. The molecule has 9 heteroatoms. The van der Waals surface area contributed by atoms with Crippen molar-refractivity contribution in [1.29, 1.82) is 0 Å². The molecule has 0 radical (unpaired) electrons. The Balaban J connectivity index is 2.48. The number of esters is 1. The molecule has 1 aromatic carbocycles. The molecule has 0 aliphatic carbocycles. The van der Waals surface area contributed by atoms with E-state index in [0.717, 1.165) is 18.2 Å². The van der Waals surface area contributed by atoms with Gasteiger partial charge in [0.25, 0.3) is 0 Å². The second kappa shape index (κ2) is 7.44. The van der Waals surface area contributed by atoms with Crippen molar-refractivity contribution in [2.24, 2.45) is 10.2 Å². The van der Waals surface area contributed by atoms with Crippen LogP contribution in [0, 0.1) is 18.6 Å². The second-order valence-electron chi connectivity index (χ2n) is 4.51. The van der Waals surface area contributed by atoms with Crippen molar-refractivity contribution >= 4 is 17.4 Å². The van der Waals surface area contributed by atoms with Gasteiger partial charge in [-0.3, -0.25) is 0 Å². The van der Waals surface area contributed by atoms with Gasteiger partial charge >= 0.3 is 5.97 Å². The van der Waals surface area contributed by atoms with Crippen LogP contribution in [0.4, 0.5) is 14.5 Å². The molecule has 7 nitrogen and oxygen atoms in total. The van der Waals surface area contributed by atoms with Crippen LogP contribution in [0.25, 0.3) is 5.76 Å². The molecule has 1 aromatic heterocycles. The number of benzene rings is 1. The molecule has 0 aliphatic heterocycles. The lowest BCUT2D eigenvalue weighted by Crippen LogP contribution is -2.08. The Labute approximate surface area is 135 Å². The van der Waals surface area contributed by atoms with Crippen LogP contribution in [0.2, 0.25) is 0 Å². The molecule has 0 atom stereocenters. The largest absolute Gasteiger partial charge is 0.504 e. The van der Waals surface area contributed by atoms with Gasteiger partial charge in [-0.1, -0.05) is 11.2 Å². The summed E-state index contributed by atoms with van der Waals surface area (Å²) in [6.07, 6.45) is 0. The number of aliphatic hydroxyl groups excluding tert-OH is 1. The van der Waals surface area contributed by atoms with Gasteiger partial charge in [0.05, 0.1) is 6.61 Å². The minimum absolute atomic E-state index is 0.00294. The zero-order valence-corrected chi connectivity index (χ0v) is 12.8. The highest BCUT2D eigenvalue weighted by Gasteiger charge is 2.21. The number of aryl methyl sites for hydroxylation is 1. The summed E-state index contributed by atoms with van der Waals surface area (Å²) < 4.78 is 36.7. The number of rotatable bonds is 5. The number of ether oxygens (including phenoxy) is 1. The molecule has 2 rings (SSSR count). The Bertz CT molecular complexity index is 795. The average Bonchev–Trinajstić information content (AvgIpc) is 2.96. The molecular weight excluding hydrogens is 324 g/mol. The van der Waals surface area contributed by atoms with Gasteiger partial charge in [0.15, 0.2) is 28.8 Å². The number of carbonyl (C=O) groups is 1. The van der Waals surface area contributed by atoms with Crippen molar-refractivity contribution in [3.8, 4) is 0 Å². The van der Waals surface area contributed by atoms with E-state index in [2.05, 4.69) is 15.4 Å². The predicted octanol–water partition coefficient (Wildman–Crippen LogP) is 3.83. The smallest absolute Gasteiger partial charge is 0.362 e. The molecule has 1 heterocycles. The van der Waals surface area contributed by atoms with E-state index in [1.54, 1.807) is 13.8 Å². The van der Waals surface area contributed by atoms with Crippen molar-refractivity contribution in [1.82, 2.24) is 5.16 Å². The third-order valence-corrected chi connectivity index (χ3v) is 2.75. The molecule has 0 saturated carbocycles. The first kappa shape index (κ1) is 17.3. The molecular formula is C15H13F2N3O4. The molecule has 0 amide bonds. The predicted molar refractivity (Wildman–Crippen MR) is 78.3 cm³/mol. The van der Waals surface area contributed by atoms with Gasteiger partial charge in [-0.05, 0) is 26.0 Å². The van der Waals surface area contributed by atoms with E-state index in [0.29, 0.717) is 5.76 Å². The lowest BCUT2D eigenvalue weighted by atomic mass is 10.2. The first-order valence-corrected chi connectivity index (χ1v) is 6.83. The fourth-order valence-corrected chi connectivity index (χ4v) is 1.67. The summed E-state index contributed by atoms with van der Waals surface area (Å²) >= 11 is 0. The fourth-order valence-electron chi connectivity index (χ4n) is 1.67. The first-order chi connectivity index (χ1) is 11.4. The van der Waals surface area contributed by atoms with Crippen LogP contribution < -0.4 is 0 Å². The zero-order valence-electron chi connectivity index (χ0n) is 12.8. The molecule has 0 fully saturated rings. The van der Waals surface area contributed by atoms with Crippen LogP contribution >= 0.6 is 0 Å². The molecule has 0 bridgehead atoms. The fraction of sp³-hybridized carbons (Fsp3) is 0.200. The Hall–Kier alpha value is -3.10. The quantitative estimate of drug-likeness (QED) is 0.387. The topological polar surface area (TPSA) is 97.3 Å². The minimum atomic E-state index is -1.03. The van der Waals surface area contributed by atoms with E-state index in [1.807, 2.05) is 0 Å². The van der Waals surface area contributed by atoms with Gasteiger partial charge < -0.3 is 14.4 Å². The van der Waals surface area contributed by atoms with Gasteiger partial charge in [-0.2, -0.15) is 0 Å². The van der Waals surface area contributed by atoms with Crippen LogP contribution in [-0.4, -0.2) is 22.8 Å². The molecule has 0 saturated heterocycles. The van der Waals surface area contributed by atoms with Crippen molar-refractivity contribution in [3.63, 3.8) is 0 Å². The molecule has 0 spiro atoms. The van der Waals surface area contributed by atoms with Crippen LogP contribution in [0.3, 0.4) is 0 Å². The van der Waals surface area contributed by atoms with Crippen LogP contribution in [0.15, 0.2) is 44.7 Å². The van der Waals surface area contributed by atoms with E-state index in [4.69, 9.17) is 9.26 Å². The van der Waals surface area contributed by atoms with Crippen molar-refractivity contribution < 1.29 is 27.9 Å². The highest BCUT2D eigenvalue weighted by molar-refractivity contribution is 5.95. The Morgan fingerprint density at radius 3 is 2.58 bits per heavy atom. The van der Waals surface area contributed by atoms with E-state index >= 15 is 0 Å². The lowest BCUT2D eigenvalue weighted by Gasteiger charge is -2.03. The summed E-state index contributed by atoms with van der Waals surface area (Å²) in [7, 11) is 0. The number of aromatic nitrogens is 1. The molecule has 0 aliphatic rings. The summed E-state index contributed by atoms with van der Waals surface area (Å²) in [6, 6.07) is 4.45. The first-order valence-electron chi connectivity index (χ1n) is 6.83. The van der Waals surface area contributed by atoms with Gasteiger partial charge in [0.1, 0.15) is 5.76 Å². The summed E-state index contributed by atoms with van der Waals surface area (Å²) in [5.74, 6) is -3.30. The van der Waals surface area contributed by atoms with Crippen LogP contribution in [0.5, 0.6) is 0 Å². The van der Waals surface area contributed by atoms with Gasteiger partial charge in [-0.15, -0.1) is 10.2 Å². The van der Waals surface area contributed by atoms with Crippen molar-refractivity contribution in [3.05, 3.63) is 53.1 Å². The number of aliphatic hydroxyl groups is 1. The zero-order chi connectivity index (χ0) is 17.7. The molecule has 0 unspecified atom stereocenters. The van der Waals surface area contributed by atoms with Crippen LogP contribution in [-0.2, 0) is 9.53 Å². The maximum atomic E-state index is 13.6. The maximum absolute atomic E-state index is 13.6. The summed E-state index contributed by atoms with van der Waals surface area (Å²) in [4.78, 5) is 11.9. The number of hydrogen-bond donors (Lipinski definition) is 1. The summed E-state index contributed by atoms with van der Waals surface area (Å²) in [5, 5.41) is 20.4. The van der Waals surface area contributed by atoms with E-state index in [-0.39, 0.29) is 12.3 Å². The van der Waals surface area contributed by atoms with E-state index in [9.17, 15) is 18.7 Å². The van der Waals surface area contributed by atoms with Crippen LogP contribution in [0.1, 0.15) is 18.4 Å².